The Hall–Kier alpha value is -1.83. The minimum absolute atomic E-state index is 0.191. The summed E-state index contributed by atoms with van der Waals surface area (Å²) < 4.78 is 0. The first-order valence-electron chi connectivity index (χ1n) is 5.05. The van der Waals surface area contributed by atoms with Gasteiger partial charge in [-0.15, -0.1) is 0 Å². The molecule has 2 fully saturated rings. The number of amides is 1. The lowest BCUT2D eigenvalue weighted by molar-refractivity contribution is -0.154. The third-order valence-electron chi connectivity index (χ3n) is 3.37. The maximum atomic E-state index is 11.7. The van der Waals surface area contributed by atoms with Gasteiger partial charge >= 0.3 is 5.97 Å². The molecule has 5 nitrogen and oxygen atoms in total. The van der Waals surface area contributed by atoms with Crippen molar-refractivity contribution in [3.63, 3.8) is 0 Å². The van der Waals surface area contributed by atoms with Crippen molar-refractivity contribution in [2.45, 2.75) is 32.4 Å². The second kappa shape index (κ2) is 3.08. The third kappa shape index (κ3) is 1.16. The standard InChI is InChI=1S/C11H12N2O3/c1-11(2)5-7-6(3-4-12)9(14)13(7)8(11)10(15)16/h3,7-8H,5H2,1-2H3,(H,15,16)/b6-3+/t7?,8-/m0/s1. The number of nitriles is 1. The number of nitrogens with zero attached hydrogens (tertiary/aromatic N) is 2. The fourth-order valence-electron chi connectivity index (χ4n) is 2.69. The van der Waals surface area contributed by atoms with Crippen LogP contribution in [0, 0.1) is 16.7 Å². The Labute approximate surface area is 93.0 Å². The van der Waals surface area contributed by atoms with Gasteiger partial charge in [-0.25, -0.2) is 4.79 Å². The zero-order valence-electron chi connectivity index (χ0n) is 9.10. The molecule has 0 radical (unpaired) electrons. The van der Waals surface area contributed by atoms with Gasteiger partial charge in [0.1, 0.15) is 6.04 Å². The van der Waals surface area contributed by atoms with E-state index in [-0.39, 0.29) is 11.9 Å². The zero-order valence-corrected chi connectivity index (χ0v) is 9.10. The van der Waals surface area contributed by atoms with Crippen LogP contribution in [0.2, 0.25) is 0 Å². The van der Waals surface area contributed by atoms with E-state index >= 15 is 0 Å². The Kier molecular flexibility index (Phi) is 2.06. The molecule has 2 heterocycles. The predicted molar refractivity (Wildman–Crippen MR) is 54.2 cm³/mol. The van der Waals surface area contributed by atoms with Gasteiger partial charge in [-0.3, -0.25) is 4.79 Å². The number of carboxylic acid groups (broad SMARTS) is 1. The molecular weight excluding hydrogens is 208 g/mol. The van der Waals surface area contributed by atoms with E-state index in [0.717, 1.165) is 0 Å². The number of carbonyl (C=O) groups excluding carboxylic acids is 1. The first-order chi connectivity index (χ1) is 7.40. The van der Waals surface area contributed by atoms with Crippen molar-refractivity contribution in [2.24, 2.45) is 5.41 Å². The van der Waals surface area contributed by atoms with Crippen molar-refractivity contribution in [1.82, 2.24) is 4.90 Å². The lowest BCUT2D eigenvalue weighted by Crippen LogP contribution is -2.57. The summed E-state index contributed by atoms with van der Waals surface area (Å²) >= 11 is 0. The summed E-state index contributed by atoms with van der Waals surface area (Å²) in [5, 5.41) is 17.7. The lowest BCUT2D eigenvalue weighted by atomic mass is 9.83. The normalized spacial score (nSPS) is 33.2. The summed E-state index contributed by atoms with van der Waals surface area (Å²) in [6.07, 6.45) is 1.83. The quantitative estimate of drug-likeness (QED) is 0.397. The molecule has 1 N–H and O–H groups in total. The van der Waals surface area contributed by atoms with E-state index in [2.05, 4.69) is 0 Å². The summed E-state index contributed by atoms with van der Waals surface area (Å²) in [5.74, 6) is -1.29. The number of hydrogen-bond donors (Lipinski definition) is 1. The Bertz CT molecular complexity index is 445. The van der Waals surface area contributed by atoms with Crippen LogP contribution in [0.4, 0.5) is 0 Å². The van der Waals surface area contributed by atoms with Gasteiger partial charge in [0.2, 0.25) is 0 Å². The van der Waals surface area contributed by atoms with E-state index in [1.54, 1.807) is 0 Å². The van der Waals surface area contributed by atoms with Crippen LogP contribution < -0.4 is 0 Å². The molecule has 16 heavy (non-hydrogen) atoms. The molecule has 5 heteroatoms. The van der Waals surface area contributed by atoms with Crippen LogP contribution in [0.1, 0.15) is 20.3 Å². The van der Waals surface area contributed by atoms with Crippen LogP contribution in [0.3, 0.4) is 0 Å². The van der Waals surface area contributed by atoms with Crippen molar-refractivity contribution in [3.8, 4) is 6.07 Å². The maximum absolute atomic E-state index is 11.7. The SMILES string of the molecule is CC1(C)CC2/C(=C\C#N)C(=O)N2[C@H]1C(=O)O. The van der Waals surface area contributed by atoms with E-state index in [9.17, 15) is 9.59 Å². The molecule has 0 saturated carbocycles. The maximum Gasteiger partial charge on any atom is 0.327 e. The Balaban J connectivity index is 2.36. The first kappa shape index (κ1) is 10.7. The Morgan fingerprint density at radius 2 is 2.31 bits per heavy atom. The van der Waals surface area contributed by atoms with Gasteiger partial charge in [-0.2, -0.15) is 5.26 Å². The molecule has 2 aliphatic heterocycles. The Morgan fingerprint density at radius 3 is 2.81 bits per heavy atom. The molecule has 2 atom stereocenters. The van der Waals surface area contributed by atoms with Crippen molar-refractivity contribution in [3.05, 3.63) is 11.6 Å². The van der Waals surface area contributed by atoms with E-state index in [4.69, 9.17) is 10.4 Å². The van der Waals surface area contributed by atoms with E-state index < -0.39 is 17.4 Å². The summed E-state index contributed by atoms with van der Waals surface area (Å²) in [7, 11) is 0. The molecule has 2 rings (SSSR count). The van der Waals surface area contributed by atoms with Crippen LogP contribution >= 0.6 is 0 Å². The number of fused-ring (bicyclic) bond motifs is 1. The smallest absolute Gasteiger partial charge is 0.327 e. The number of hydrogen-bond acceptors (Lipinski definition) is 3. The van der Waals surface area contributed by atoms with Crippen molar-refractivity contribution in [1.29, 1.82) is 5.26 Å². The average molecular weight is 220 g/mol. The molecule has 0 bridgehead atoms. The van der Waals surface area contributed by atoms with E-state index in [1.165, 1.54) is 11.0 Å². The summed E-state index contributed by atoms with van der Waals surface area (Å²) in [4.78, 5) is 24.2. The minimum Gasteiger partial charge on any atom is -0.480 e. The average Bonchev–Trinajstić information content (AvgIpc) is 2.43. The van der Waals surface area contributed by atoms with Gasteiger partial charge in [0.15, 0.2) is 0 Å². The van der Waals surface area contributed by atoms with E-state index in [1.807, 2.05) is 19.9 Å². The van der Waals surface area contributed by atoms with Crippen molar-refractivity contribution < 1.29 is 14.7 Å². The molecule has 2 aliphatic rings. The summed E-state index contributed by atoms with van der Waals surface area (Å²) in [5.41, 5.74) is -0.00340. The number of carbonyl (C=O) groups is 2. The number of allylic oxidation sites excluding steroid dienone is 1. The second-order valence-electron chi connectivity index (χ2n) is 4.89. The molecule has 0 aromatic heterocycles. The molecule has 0 aliphatic carbocycles. The largest absolute Gasteiger partial charge is 0.480 e. The number of aliphatic carboxylic acids is 1. The van der Waals surface area contributed by atoms with Crippen LogP contribution in [0.25, 0.3) is 0 Å². The highest BCUT2D eigenvalue weighted by Gasteiger charge is 2.60. The molecular formula is C11H12N2O3. The fourth-order valence-corrected chi connectivity index (χ4v) is 2.69. The first-order valence-corrected chi connectivity index (χ1v) is 5.05. The predicted octanol–water partition coefficient (Wildman–Crippen LogP) is 0.530. The molecule has 0 aromatic carbocycles. The minimum atomic E-state index is -0.975. The molecule has 0 spiro atoms. The van der Waals surface area contributed by atoms with Gasteiger partial charge in [0, 0.05) is 6.08 Å². The van der Waals surface area contributed by atoms with Crippen LogP contribution in [-0.4, -0.2) is 34.0 Å². The van der Waals surface area contributed by atoms with Crippen molar-refractivity contribution in [2.75, 3.05) is 0 Å². The van der Waals surface area contributed by atoms with Crippen LogP contribution in [-0.2, 0) is 9.59 Å². The zero-order chi connectivity index (χ0) is 12.1. The molecule has 0 aromatic rings. The van der Waals surface area contributed by atoms with Crippen molar-refractivity contribution >= 4 is 11.9 Å². The highest BCUT2D eigenvalue weighted by atomic mass is 16.4. The molecule has 1 amide bonds. The topological polar surface area (TPSA) is 81.4 Å². The summed E-state index contributed by atoms with van der Waals surface area (Å²) in [6, 6.07) is 0.859. The third-order valence-corrected chi connectivity index (χ3v) is 3.37. The number of β-lactam (4-membered cyclic amide) rings is 1. The second-order valence-corrected chi connectivity index (χ2v) is 4.89. The van der Waals surface area contributed by atoms with Gasteiger partial charge in [-0.1, -0.05) is 13.8 Å². The number of carboxylic acids is 1. The molecule has 84 valence electrons. The van der Waals surface area contributed by atoms with Gasteiger partial charge in [0.25, 0.3) is 5.91 Å². The van der Waals surface area contributed by atoms with Gasteiger partial charge in [-0.05, 0) is 11.8 Å². The number of rotatable bonds is 1. The highest BCUT2D eigenvalue weighted by Crippen LogP contribution is 2.48. The Morgan fingerprint density at radius 1 is 1.69 bits per heavy atom. The summed E-state index contributed by atoms with van der Waals surface area (Å²) in [6.45, 7) is 3.67. The monoisotopic (exact) mass is 220 g/mol. The molecule has 1 unspecified atom stereocenters. The van der Waals surface area contributed by atoms with Crippen LogP contribution in [0.15, 0.2) is 11.6 Å². The lowest BCUT2D eigenvalue weighted by Gasteiger charge is -2.39. The van der Waals surface area contributed by atoms with Gasteiger partial charge < -0.3 is 10.0 Å². The van der Waals surface area contributed by atoms with Gasteiger partial charge in [0.05, 0.1) is 17.7 Å². The molecule has 2 saturated heterocycles. The van der Waals surface area contributed by atoms with Crippen LogP contribution in [0.5, 0.6) is 0 Å². The van der Waals surface area contributed by atoms with E-state index in [0.29, 0.717) is 12.0 Å². The highest BCUT2D eigenvalue weighted by molar-refractivity contribution is 6.05. The fraction of sp³-hybridized carbons (Fsp3) is 0.545.